The number of methoxy groups -OCH3 is 1. The maximum Gasteiger partial charge on any atom is 0.319 e. The van der Waals surface area contributed by atoms with Crippen LogP contribution in [-0.4, -0.2) is 23.1 Å². The number of benzene rings is 1. The zero-order valence-electron chi connectivity index (χ0n) is 13.3. The zero-order chi connectivity index (χ0) is 17.6. The van der Waals surface area contributed by atoms with E-state index in [0.29, 0.717) is 22.2 Å². The Kier molecular flexibility index (Phi) is 5.47. The second-order valence-electron chi connectivity index (χ2n) is 5.02. The summed E-state index contributed by atoms with van der Waals surface area (Å²) in [6.07, 6.45) is 3.23. The molecule has 0 atom stereocenters. The molecular weight excluding hydrogens is 360 g/mol. The fourth-order valence-corrected chi connectivity index (χ4v) is 3.06. The number of nitrogens with one attached hydrogen (secondary N) is 2. The van der Waals surface area contributed by atoms with Gasteiger partial charge in [-0.2, -0.15) is 11.3 Å². The van der Waals surface area contributed by atoms with E-state index in [-0.39, 0.29) is 12.6 Å². The van der Waals surface area contributed by atoms with E-state index in [1.807, 2.05) is 16.8 Å². The third-order valence-corrected chi connectivity index (χ3v) is 4.31. The number of rotatable bonds is 5. The molecule has 25 heavy (non-hydrogen) atoms. The Balaban J connectivity index is 1.69. The lowest BCUT2D eigenvalue weighted by molar-refractivity contribution is 0.251. The number of carbonyl (C=O) groups excluding carboxylic acids is 1. The van der Waals surface area contributed by atoms with Crippen molar-refractivity contribution in [1.82, 2.24) is 15.3 Å². The first-order chi connectivity index (χ1) is 12.2. The Morgan fingerprint density at radius 1 is 1.28 bits per heavy atom. The van der Waals surface area contributed by atoms with Crippen molar-refractivity contribution in [3.8, 4) is 17.0 Å². The predicted molar refractivity (Wildman–Crippen MR) is 99.2 cm³/mol. The molecule has 3 aromatic rings. The average molecular weight is 375 g/mol. The van der Waals surface area contributed by atoms with E-state index in [1.54, 1.807) is 41.9 Å². The highest BCUT2D eigenvalue weighted by Gasteiger charge is 2.11. The smallest absolute Gasteiger partial charge is 0.319 e. The molecule has 0 aliphatic rings. The number of carbonyl (C=O) groups is 1. The highest BCUT2D eigenvalue weighted by atomic mass is 35.5. The van der Waals surface area contributed by atoms with Crippen LogP contribution < -0.4 is 15.4 Å². The Labute approximate surface area is 153 Å². The summed E-state index contributed by atoms with van der Waals surface area (Å²) >= 11 is 7.54. The molecule has 0 aliphatic carbocycles. The van der Waals surface area contributed by atoms with Crippen molar-refractivity contribution in [3.63, 3.8) is 0 Å². The van der Waals surface area contributed by atoms with Crippen molar-refractivity contribution in [2.45, 2.75) is 6.54 Å². The maximum absolute atomic E-state index is 12.2. The number of ether oxygens (including phenoxy) is 1. The second kappa shape index (κ2) is 7.96. The molecule has 0 spiro atoms. The fourth-order valence-electron chi connectivity index (χ4n) is 2.24. The summed E-state index contributed by atoms with van der Waals surface area (Å²) in [5.41, 5.74) is 2.91. The summed E-state index contributed by atoms with van der Waals surface area (Å²) in [4.78, 5) is 20.9. The van der Waals surface area contributed by atoms with Crippen LogP contribution in [0.1, 0.15) is 5.69 Å². The molecule has 0 bridgehead atoms. The molecule has 0 saturated carbocycles. The molecule has 2 N–H and O–H groups in total. The summed E-state index contributed by atoms with van der Waals surface area (Å²) in [5.74, 6) is 0.526. The lowest BCUT2D eigenvalue weighted by atomic mass is 10.2. The lowest BCUT2D eigenvalue weighted by Crippen LogP contribution is -2.29. The Morgan fingerprint density at radius 3 is 2.88 bits per heavy atom. The molecule has 128 valence electrons. The number of amides is 2. The first-order valence-corrected chi connectivity index (χ1v) is 8.70. The topological polar surface area (TPSA) is 76.1 Å². The minimum atomic E-state index is -0.387. The summed E-state index contributed by atoms with van der Waals surface area (Å²) < 4.78 is 5.21. The van der Waals surface area contributed by atoms with Gasteiger partial charge >= 0.3 is 6.03 Å². The minimum Gasteiger partial charge on any atom is -0.495 e. The van der Waals surface area contributed by atoms with Crippen LogP contribution in [0.4, 0.5) is 10.5 Å². The molecule has 1 aromatic carbocycles. The Bertz CT molecular complexity index is 871. The molecule has 2 aromatic heterocycles. The van der Waals surface area contributed by atoms with Gasteiger partial charge < -0.3 is 15.4 Å². The van der Waals surface area contributed by atoms with Crippen molar-refractivity contribution in [2.75, 3.05) is 12.4 Å². The van der Waals surface area contributed by atoms with E-state index >= 15 is 0 Å². The SMILES string of the molecule is COc1ccc(Cl)cc1NC(=O)NCc1nccnc1-c1ccsc1. The number of urea groups is 1. The van der Waals surface area contributed by atoms with Crippen molar-refractivity contribution >= 4 is 34.7 Å². The Morgan fingerprint density at radius 2 is 2.12 bits per heavy atom. The van der Waals surface area contributed by atoms with E-state index in [4.69, 9.17) is 16.3 Å². The predicted octanol–water partition coefficient (Wildman–Crippen LogP) is 4.19. The molecule has 6 nitrogen and oxygen atoms in total. The quantitative estimate of drug-likeness (QED) is 0.702. The van der Waals surface area contributed by atoms with Gasteiger partial charge in [0.2, 0.25) is 0 Å². The standard InChI is InChI=1S/C17H15ClN4O2S/c1-24-15-3-2-12(18)8-13(15)22-17(23)21-9-14-16(20-6-5-19-14)11-4-7-25-10-11/h2-8,10H,9H2,1H3,(H2,21,22,23). The number of hydrogen-bond donors (Lipinski definition) is 2. The maximum atomic E-state index is 12.2. The van der Waals surface area contributed by atoms with Gasteiger partial charge in [-0.1, -0.05) is 11.6 Å². The van der Waals surface area contributed by atoms with Gasteiger partial charge in [-0.05, 0) is 29.6 Å². The van der Waals surface area contributed by atoms with Gasteiger partial charge in [0.05, 0.1) is 30.7 Å². The van der Waals surface area contributed by atoms with Crippen LogP contribution in [0.3, 0.4) is 0 Å². The molecule has 0 unspecified atom stereocenters. The van der Waals surface area contributed by atoms with E-state index < -0.39 is 0 Å². The van der Waals surface area contributed by atoms with E-state index in [1.165, 1.54) is 7.11 Å². The number of hydrogen-bond acceptors (Lipinski definition) is 5. The summed E-state index contributed by atoms with van der Waals surface area (Å²) in [6.45, 7) is 0.244. The van der Waals surface area contributed by atoms with Crippen molar-refractivity contribution in [2.24, 2.45) is 0 Å². The summed E-state index contributed by atoms with van der Waals surface area (Å²) in [5, 5.41) is 9.96. The van der Waals surface area contributed by atoms with Crippen LogP contribution in [0.5, 0.6) is 5.75 Å². The van der Waals surface area contributed by atoms with Crippen LogP contribution in [0.2, 0.25) is 5.02 Å². The first-order valence-electron chi connectivity index (χ1n) is 7.38. The molecule has 8 heteroatoms. The molecule has 2 amide bonds. The molecule has 0 aliphatic heterocycles. The molecular formula is C17H15ClN4O2S. The van der Waals surface area contributed by atoms with Crippen molar-refractivity contribution in [1.29, 1.82) is 0 Å². The van der Waals surface area contributed by atoms with Crippen LogP contribution in [-0.2, 0) is 6.54 Å². The molecule has 0 fully saturated rings. The third kappa shape index (κ3) is 4.26. The largest absolute Gasteiger partial charge is 0.495 e. The molecule has 0 saturated heterocycles. The number of thiophene rings is 1. The van der Waals surface area contributed by atoms with Crippen LogP contribution >= 0.6 is 22.9 Å². The van der Waals surface area contributed by atoms with Gasteiger partial charge in [0.25, 0.3) is 0 Å². The van der Waals surface area contributed by atoms with Gasteiger partial charge in [0, 0.05) is 28.4 Å². The number of halogens is 1. The van der Waals surface area contributed by atoms with Crippen molar-refractivity contribution < 1.29 is 9.53 Å². The monoisotopic (exact) mass is 374 g/mol. The highest BCUT2D eigenvalue weighted by molar-refractivity contribution is 7.08. The minimum absolute atomic E-state index is 0.244. The van der Waals surface area contributed by atoms with Crippen LogP contribution in [0, 0.1) is 0 Å². The number of anilines is 1. The van der Waals surface area contributed by atoms with Crippen LogP contribution in [0.25, 0.3) is 11.3 Å². The first kappa shape index (κ1) is 17.2. The molecule has 2 heterocycles. The average Bonchev–Trinajstić information content (AvgIpc) is 3.15. The lowest BCUT2D eigenvalue weighted by Gasteiger charge is -2.12. The fraction of sp³-hybridized carbons (Fsp3) is 0.118. The molecule has 0 radical (unpaired) electrons. The van der Waals surface area contributed by atoms with Gasteiger partial charge in [-0.15, -0.1) is 0 Å². The highest BCUT2D eigenvalue weighted by Crippen LogP contribution is 2.27. The number of nitrogens with zero attached hydrogens (tertiary/aromatic N) is 2. The van der Waals surface area contributed by atoms with E-state index in [0.717, 1.165) is 11.3 Å². The summed E-state index contributed by atoms with van der Waals surface area (Å²) in [6, 6.07) is 6.59. The third-order valence-electron chi connectivity index (χ3n) is 3.39. The normalized spacial score (nSPS) is 10.3. The van der Waals surface area contributed by atoms with Gasteiger partial charge in [-0.3, -0.25) is 9.97 Å². The molecule has 3 rings (SSSR count). The van der Waals surface area contributed by atoms with E-state index in [2.05, 4.69) is 20.6 Å². The number of aromatic nitrogens is 2. The Hall–Kier alpha value is -2.64. The van der Waals surface area contributed by atoms with Gasteiger partial charge in [0.1, 0.15) is 5.75 Å². The van der Waals surface area contributed by atoms with Gasteiger partial charge in [0.15, 0.2) is 0 Å². The van der Waals surface area contributed by atoms with Crippen LogP contribution in [0.15, 0.2) is 47.4 Å². The van der Waals surface area contributed by atoms with E-state index in [9.17, 15) is 4.79 Å². The summed E-state index contributed by atoms with van der Waals surface area (Å²) in [7, 11) is 1.53. The van der Waals surface area contributed by atoms with Gasteiger partial charge in [-0.25, -0.2) is 4.79 Å². The second-order valence-corrected chi connectivity index (χ2v) is 6.23. The zero-order valence-corrected chi connectivity index (χ0v) is 14.9. The van der Waals surface area contributed by atoms with Crippen molar-refractivity contribution in [3.05, 3.63) is 58.1 Å².